The molecule has 6 heteroatoms. The van der Waals surface area contributed by atoms with Gasteiger partial charge in [0.1, 0.15) is 11.4 Å². The number of piperidine rings is 1. The summed E-state index contributed by atoms with van der Waals surface area (Å²) >= 11 is 1.64. The van der Waals surface area contributed by atoms with E-state index in [9.17, 15) is 4.79 Å². The minimum Gasteiger partial charge on any atom is -0.350 e. The third-order valence-electron chi connectivity index (χ3n) is 6.00. The van der Waals surface area contributed by atoms with Crippen LogP contribution in [-0.4, -0.2) is 41.4 Å². The van der Waals surface area contributed by atoms with E-state index in [2.05, 4.69) is 31.3 Å². The van der Waals surface area contributed by atoms with Crippen molar-refractivity contribution in [2.24, 2.45) is 0 Å². The van der Waals surface area contributed by atoms with Crippen molar-refractivity contribution in [1.29, 1.82) is 0 Å². The Labute approximate surface area is 182 Å². The molecular formula is C24H31N4OS+. The molecule has 1 aliphatic heterocycles. The standard InChI is InChI=1S/C24H30N4OS/c1-18-8-5-10-20(16-18)28-22(17-21(26-28)23-11-6-15-30-23)24(29)25-12-7-14-27-13-4-3-9-19(27)2/h5-6,8,10-11,15-17,19H,3-4,7,9,12-14H2,1-2H3,(H,25,29)/p+1/t19-/m1/s1. The molecule has 0 radical (unpaired) electrons. The summed E-state index contributed by atoms with van der Waals surface area (Å²) in [7, 11) is 0. The molecule has 0 aliphatic carbocycles. The van der Waals surface area contributed by atoms with Gasteiger partial charge in [-0.2, -0.15) is 5.10 Å². The minimum absolute atomic E-state index is 0.0616. The van der Waals surface area contributed by atoms with Crippen molar-refractivity contribution in [3.63, 3.8) is 0 Å². The number of aromatic nitrogens is 2. The fourth-order valence-corrected chi connectivity index (χ4v) is 4.96. The molecule has 1 fully saturated rings. The van der Waals surface area contributed by atoms with E-state index in [-0.39, 0.29) is 5.91 Å². The molecule has 1 aliphatic rings. The van der Waals surface area contributed by atoms with Gasteiger partial charge in [-0.1, -0.05) is 18.2 Å². The van der Waals surface area contributed by atoms with Crippen LogP contribution in [0.4, 0.5) is 0 Å². The summed E-state index contributed by atoms with van der Waals surface area (Å²) in [5, 5.41) is 9.92. The number of benzene rings is 1. The van der Waals surface area contributed by atoms with Gasteiger partial charge < -0.3 is 10.2 Å². The molecule has 1 unspecified atom stereocenters. The van der Waals surface area contributed by atoms with E-state index in [0.717, 1.165) is 40.8 Å². The summed E-state index contributed by atoms with van der Waals surface area (Å²) in [5.74, 6) is -0.0616. The maximum Gasteiger partial charge on any atom is 0.270 e. The van der Waals surface area contributed by atoms with Gasteiger partial charge >= 0.3 is 0 Å². The molecular weight excluding hydrogens is 392 g/mol. The number of hydrogen-bond acceptors (Lipinski definition) is 3. The average Bonchev–Trinajstić information content (AvgIpc) is 3.42. The Morgan fingerprint density at radius 1 is 1.27 bits per heavy atom. The van der Waals surface area contributed by atoms with Gasteiger partial charge in [0.05, 0.1) is 29.7 Å². The third kappa shape index (κ3) is 4.82. The number of likely N-dealkylation sites (tertiary alicyclic amines) is 1. The molecule has 0 spiro atoms. The van der Waals surface area contributed by atoms with Crippen LogP contribution in [0.2, 0.25) is 0 Å². The highest BCUT2D eigenvalue weighted by atomic mass is 32.1. The number of aryl methyl sites for hydroxylation is 1. The molecule has 1 amide bonds. The van der Waals surface area contributed by atoms with Crippen LogP contribution in [0.15, 0.2) is 47.8 Å². The van der Waals surface area contributed by atoms with Crippen LogP contribution in [0.3, 0.4) is 0 Å². The van der Waals surface area contributed by atoms with Crippen LogP contribution in [0.25, 0.3) is 16.3 Å². The maximum absolute atomic E-state index is 13.0. The highest BCUT2D eigenvalue weighted by molar-refractivity contribution is 7.13. The second-order valence-corrected chi connectivity index (χ2v) is 9.26. The second-order valence-electron chi connectivity index (χ2n) is 8.31. The molecule has 0 saturated carbocycles. The normalized spacial score (nSPS) is 19.0. The molecule has 4 rings (SSSR count). The number of quaternary nitrogens is 1. The third-order valence-corrected chi connectivity index (χ3v) is 6.90. The largest absolute Gasteiger partial charge is 0.350 e. The lowest BCUT2D eigenvalue weighted by atomic mass is 10.0. The van der Waals surface area contributed by atoms with E-state index in [1.165, 1.54) is 25.8 Å². The Morgan fingerprint density at radius 2 is 2.17 bits per heavy atom. The van der Waals surface area contributed by atoms with Crippen molar-refractivity contribution in [3.05, 3.63) is 59.1 Å². The Balaban J connectivity index is 1.47. The molecule has 1 aromatic carbocycles. The summed E-state index contributed by atoms with van der Waals surface area (Å²) in [4.78, 5) is 15.8. The molecule has 2 atom stereocenters. The summed E-state index contributed by atoms with van der Waals surface area (Å²) < 4.78 is 1.77. The lowest BCUT2D eigenvalue weighted by molar-refractivity contribution is -0.928. The highest BCUT2D eigenvalue weighted by Crippen LogP contribution is 2.26. The lowest BCUT2D eigenvalue weighted by Crippen LogP contribution is -3.16. The van der Waals surface area contributed by atoms with E-state index in [4.69, 9.17) is 5.10 Å². The van der Waals surface area contributed by atoms with Crippen LogP contribution in [0, 0.1) is 6.92 Å². The first-order valence-electron chi connectivity index (χ1n) is 11.0. The quantitative estimate of drug-likeness (QED) is 0.572. The van der Waals surface area contributed by atoms with E-state index in [0.29, 0.717) is 12.2 Å². The predicted octanol–water partition coefficient (Wildman–Crippen LogP) is 3.49. The summed E-state index contributed by atoms with van der Waals surface area (Å²) in [5.41, 5.74) is 3.48. The summed E-state index contributed by atoms with van der Waals surface area (Å²) in [6, 6.07) is 14.8. The predicted molar refractivity (Wildman–Crippen MR) is 123 cm³/mol. The van der Waals surface area contributed by atoms with Gasteiger partial charge in [-0.05, 0) is 68.3 Å². The zero-order valence-corrected chi connectivity index (χ0v) is 18.7. The van der Waals surface area contributed by atoms with Crippen LogP contribution >= 0.6 is 11.3 Å². The summed E-state index contributed by atoms with van der Waals surface area (Å²) in [6.07, 6.45) is 5.01. The Morgan fingerprint density at radius 3 is 2.93 bits per heavy atom. The van der Waals surface area contributed by atoms with E-state index in [1.54, 1.807) is 20.9 Å². The van der Waals surface area contributed by atoms with Gasteiger partial charge in [-0.25, -0.2) is 4.68 Å². The van der Waals surface area contributed by atoms with Gasteiger partial charge in [-0.3, -0.25) is 4.79 Å². The molecule has 5 nitrogen and oxygen atoms in total. The van der Waals surface area contributed by atoms with E-state index < -0.39 is 0 Å². The topological polar surface area (TPSA) is 51.4 Å². The van der Waals surface area contributed by atoms with Gasteiger partial charge in [0.2, 0.25) is 0 Å². The first-order chi connectivity index (χ1) is 14.6. The number of rotatable bonds is 7. The van der Waals surface area contributed by atoms with E-state index >= 15 is 0 Å². The molecule has 30 heavy (non-hydrogen) atoms. The van der Waals surface area contributed by atoms with E-state index in [1.807, 2.05) is 35.7 Å². The lowest BCUT2D eigenvalue weighted by Gasteiger charge is -2.30. The minimum atomic E-state index is -0.0616. The highest BCUT2D eigenvalue weighted by Gasteiger charge is 2.22. The van der Waals surface area contributed by atoms with Gasteiger partial charge in [0, 0.05) is 13.0 Å². The van der Waals surface area contributed by atoms with Crippen molar-refractivity contribution in [1.82, 2.24) is 15.1 Å². The smallest absolute Gasteiger partial charge is 0.270 e. The fraction of sp³-hybridized carbons (Fsp3) is 0.417. The van der Waals surface area contributed by atoms with Crippen molar-refractivity contribution in [2.45, 2.75) is 45.6 Å². The number of carbonyl (C=O) groups is 1. The van der Waals surface area contributed by atoms with Crippen molar-refractivity contribution in [2.75, 3.05) is 19.6 Å². The Bertz CT molecular complexity index is 979. The van der Waals surface area contributed by atoms with Crippen molar-refractivity contribution < 1.29 is 9.69 Å². The molecule has 2 aromatic heterocycles. The number of thiophene rings is 1. The van der Waals surface area contributed by atoms with Crippen LogP contribution < -0.4 is 10.2 Å². The molecule has 3 aromatic rings. The number of nitrogens with zero attached hydrogens (tertiary/aromatic N) is 2. The molecule has 1 saturated heterocycles. The Hall–Kier alpha value is -2.44. The fourth-order valence-electron chi connectivity index (χ4n) is 4.28. The molecule has 158 valence electrons. The Kier molecular flexibility index (Phi) is 6.65. The SMILES string of the molecule is Cc1cccc(-n2nc(-c3cccs3)cc2C(=O)NCCC[NH+]2CCCC[C@H]2C)c1. The number of amides is 1. The number of nitrogens with one attached hydrogen (secondary N) is 2. The van der Waals surface area contributed by atoms with Crippen LogP contribution in [-0.2, 0) is 0 Å². The van der Waals surface area contributed by atoms with Crippen LogP contribution in [0.1, 0.15) is 48.7 Å². The second kappa shape index (κ2) is 9.58. The van der Waals surface area contributed by atoms with Gasteiger partial charge in [-0.15, -0.1) is 11.3 Å². The number of hydrogen-bond donors (Lipinski definition) is 2. The maximum atomic E-state index is 13.0. The zero-order chi connectivity index (χ0) is 20.9. The molecule has 2 N–H and O–H groups in total. The first-order valence-corrected chi connectivity index (χ1v) is 11.8. The molecule has 3 heterocycles. The monoisotopic (exact) mass is 423 g/mol. The van der Waals surface area contributed by atoms with Crippen molar-refractivity contribution >= 4 is 17.2 Å². The molecule has 0 bridgehead atoms. The van der Waals surface area contributed by atoms with Gasteiger partial charge in [0.15, 0.2) is 0 Å². The average molecular weight is 424 g/mol. The van der Waals surface area contributed by atoms with Crippen molar-refractivity contribution in [3.8, 4) is 16.3 Å². The zero-order valence-electron chi connectivity index (χ0n) is 17.9. The number of carbonyl (C=O) groups excluding carboxylic acids is 1. The van der Waals surface area contributed by atoms with Gasteiger partial charge in [0.25, 0.3) is 5.91 Å². The first kappa shape index (κ1) is 20.8. The van der Waals surface area contributed by atoms with Crippen LogP contribution in [0.5, 0.6) is 0 Å². The summed E-state index contributed by atoms with van der Waals surface area (Å²) in [6.45, 7) is 7.48.